The van der Waals surface area contributed by atoms with Crippen LogP contribution < -0.4 is 0 Å². The van der Waals surface area contributed by atoms with Gasteiger partial charge in [0.05, 0.1) is 0 Å². The van der Waals surface area contributed by atoms with Crippen LogP contribution in [0.5, 0.6) is 0 Å². The zero-order valence-electron chi connectivity index (χ0n) is 9.85. The zero-order chi connectivity index (χ0) is 10.9. The number of rotatable bonds is 2. The Labute approximate surface area is 86.9 Å². The molecule has 0 radical (unpaired) electrons. The summed E-state index contributed by atoms with van der Waals surface area (Å²) in [6, 6.07) is 0. The molecule has 0 aliphatic heterocycles. The number of ketones is 1. The fourth-order valence-corrected chi connectivity index (χ4v) is 1.99. The average molecular weight is 192 g/mol. The van der Waals surface area contributed by atoms with Crippen molar-refractivity contribution in [1.82, 2.24) is 0 Å². The second-order valence-corrected chi connectivity index (χ2v) is 4.70. The summed E-state index contributed by atoms with van der Waals surface area (Å²) in [4.78, 5) is 11.8. The first-order valence-corrected chi connectivity index (χ1v) is 5.37. The molecular weight excluding hydrogens is 172 g/mol. The van der Waals surface area contributed by atoms with Crippen molar-refractivity contribution in [2.45, 2.75) is 41.0 Å². The fraction of sp³-hybridized carbons (Fsp3) is 0.615. The van der Waals surface area contributed by atoms with E-state index in [0.717, 1.165) is 12.0 Å². The van der Waals surface area contributed by atoms with Crippen molar-refractivity contribution in [2.75, 3.05) is 0 Å². The third-order valence-electron chi connectivity index (χ3n) is 3.28. The summed E-state index contributed by atoms with van der Waals surface area (Å²) in [5.41, 5.74) is 2.19. The highest BCUT2D eigenvalue weighted by Crippen LogP contribution is 2.44. The smallest absolute Gasteiger partial charge is 0.182 e. The van der Waals surface area contributed by atoms with Gasteiger partial charge in [-0.05, 0) is 25.3 Å². The molecule has 1 nitrogen and oxygen atoms in total. The minimum atomic E-state index is -0.0125. The summed E-state index contributed by atoms with van der Waals surface area (Å²) >= 11 is 0. The maximum atomic E-state index is 11.8. The van der Waals surface area contributed by atoms with Crippen LogP contribution in [0.2, 0.25) is 0 Å². The molecule has 0 aromatic heterocycles. The van der Waals surface area contributed by atoms with Gasteiger partial charge in [0.2, 0.25) is 0 Å². The molecule has 1 rings (SSSR count). The van der Waals surface area contributed by atoms with Crippen molar-refractivity contribution < 1.29 is 4.79 Å². The maximum absolute atomic E-state index is 11.8. The molecule has 0 bridgehead atoms. The van der Waals surface area contributed by atoms with Crippen LogP contribution in [0.3, 0.4) is 0 Å². The first-order valence-electron chi connectivity index (χ1n) is 5.37. The third-order valence-corrected chi connectivity index (χ3v) is 3.28. The Morgan fingerprint density at radius 3 is 2.50 bits per heavy atom. The SMILES string of the molecule is CCC1(C)C(C)=CC(=O)/C1=C\C(C)C. The number of carbonyl (C=O) groups is 1. The topological polar surface area (TPSA) is 17.1 Å². The standard InChI is InChI=1S/C13H20O/c1-6-13(5)10(4)8-12(14)11(13)7-9(2)3/h7-9H,6H2,1-5H3/b11-7+. The molecule has 0 saturated heterocycles. The molecule has 0 aromatic carbocycles. The van der Waals surface area contributed by atoms with Crippen LogP contribution in [0.15, 0.2) is 23.3 Å². The average Bonchev–Trinajstić information content (AvgIpc) is 2.30. The Bertz CT molecular complexity index is 307. The molecule has 0 aromatic rings. The van der Waals surface area contributed by atoms with Gasteiger partial charge < -0.3 is 0 Å². The molecule has 14 heavy (non-hydrogen) atoms. The minimum absolute atomic E-state index is 0.0125. The molecule has 0 saturated carbocycles. The van der Waals surface area contributed by atoms with Gasteiger partial charge in [-0.3, -0.25) is 4.79 Å². The number of allylic oxidation sites excluding steroid dienone is 4. The molecule has 0 spiro atoms. The van der Waals surface area contributed by atoms with Crippen LogP contribution >= 0.6 is 0 Å². The van der Waals surface area contributed by atoms with E-state index in [-0.39, 0.29) is 11.2 Å². The predicted octanol–water partition coefficient (Wildman–Crippen LogP) is 3.51. The van der Waals surface area contributed by atoms with Gasteiger partial charge in [0.1, 0.15) is 0 Å². The molecular formula is C13H20O. The van der Waals surface area contributed by atoms with Crippen molar-refractivity contribution in [3.8, 4) is 0 Å². The lowest BCUT2D eigenvalue weighted by molar-refractivity contribution is -0.111. The molecule has 0 amide bonds. The number of carbonyl (C=O) groups excluding carboxylic acids is 1. The summed E-state index contributed by atoms with van der Waals surface area (Å²) in [5, 5.41) is 0. The molecule has 1 aliphatic carbocycles. The zero-order valence-corrected chi connectivity index (χ0v) is 9.85. The van der Waals surface area contributed by atoms with Crippen molar-refractivity contribution in [3.05, 3.63) is 23.3 Å². The second kappa shape index (κ2) is 3.72. The monoisotopic (exact) mass is 192 g/mol. The van der Waals surface area contributed by atoms with E-state index in [1.807, 2.05) is 0 Å². The van der Waals surface area contributed by atoms with E-state index in [4.69, 9.17) is 0 Å². The van der Waals surface area contributed by atoms with Crippen LogP contribution in [0.25, 0.3) is 0 Å². The van der Waals surface area contributed by atoms with Crippen molar-refractivity contribution in [1.29, 1.82) is 0 Å². The van der Waals surface area contributed by atoms with Gasteiger partial charge in [0.15, 0.2) is 5.78 Å². The normalized spacial score (nSPS) is 30.3. The Balaban J connectivity index is 3.14. The summed E-state index contributed by atoms with van der Waals surface area (Å²) in [6.45, 7) is 10.6. The second-order valence-electron chi connectivity index (χ2n) is 4.70. The lowest BCUT2D eigenvalue weighted by atomic mass is 9.77. The fourth-order valence-electron chi connectivity index (χ4n) is 1.99. The molecule has 0 N–H and O–H groups in total. The maximum Gasteiger partial charge on any atom is 0.182 e. The van der Waals surface area contributed by atoms with Gasteiger partial charge in [-0.2, -0.15) is 0 Å². The van der Waals surface area contributed by atoms with Crippen molar-refractivity contribution in [2.24, 2.45) is 11.3 Å². The van der Waals surface area contributed by atoms with E-state index < -0.39 is 0 Å². The number of hydrogen-bond donors (Lipinski definition) is 0. The molecule has 0 fully saturated rings. The van der Waals surface area contributed by atoms with E-state index in [0.29, 0.717) is 5.92 Å². The summed E-state index contributed by atoms with van der Waals surface area (Å²) < 4.78 is 0. The Morgan fingerprint density at radius 1 is 1.50 bits per heavy atom. The van der Waals surface area contributed by atoms with Crippen LogP contribution in [-0.2, 0) is 4.79 Å². The first-order chi connectivity index (χ1) is 6.41. The van der Waals surface area contributed by atoms with E-state index in [1.54, 1.807) is 6.08 Å². The third kappa shape index (κ3) is 1.68. The van der Waals surface area contributed by atoms with Crippen LogP contribution in [0.1, 0.15) is 41.0 Å². The van der Waals surface area contributed by atoms with Gasteiger partial charge in [0, 0.05) is 11.0 Å². The molecule has 0 heterocycles. The van der Waals surface area contributed by atoms with Crippen molar-refractivity contribution >= 4 is 5.78 Å². The molecule has 1 heteroatoms. The van der Waals surface area contributed by atoms with E-state index in [1.165, 1.54) is 5.57 Å². The van der Waals surface area contributed by atoms with E-state index in [9.17, 15) is 4.79 Å². The summed E-state index contributed by atoms with van der Waals surface area (Å²) in [7, 11) is 0. The summed E-state index contributed by atoms with van der Waals surface area (Å²) in [6.07, 6.45) is 4.90. The molecule has 78 valence electrons. The van der Waals surface area contributed by atoms with Gasteiger partial charge in [0.25, 0.3) is 0 Å². The van der Waals surface area contributed by atoms with E-state index in [2.05, 4.69) is 40.7 Å². The molecule has 1 unspecified atom stereocenters. The Kier molecular flexibility index (Phi) is 2.98. The Morgan fingerprint density at radius 2 is 2.07 bits per heavy atom. The number of hydrogen-bond acceptors (Lipinski definition) is 1. The van der Waals surface area contributed by atoms with Gasteiger partial charge in [-0.15, -0.1) is 0 Å². The van der Waals surface area contributed by atoms with Crippen LogP contribution in [0.4, 0.5) is 0 Å². The van der Waals surface area contributed by atoms with Gasteiger partial charge in [-0.25, -0.2) is 0 Å². The predicted molar refractivity (Wildman–Crippen MR) is 60.1 cm³/mol. The highest BCUT2D eigenvalue weighted by Gasteiger charge is 2.37. The van der Waals surface area contributed by atoms with Crippen molar-refractivity contribution in [3.63, 3.8) is 0 Å². The Hall–Kier alpha value is -0.850. The molecule has 1 aliphatic rings. The largest absolute Gasteiger partial charge is 0.290 e. The highest BCUT2D eigenvalue weighted by molar-refractivity contribution is 6.09. The van der Waals surface area contributed by atoms with Gasteiger partial charge in [-0.1, -0.05) is 39.3 Å². The summed E-state index contributed by atoms with van der Waals surface area (Å²) in [5.74, 6) is 0.652. The lowest BCUT2D eigenvalue weighted by Crippen LogP contribution is -2.18. The quantitative estimate of drug-likeness (QED) is 0.612. The van der Waals surface area contributed by atoms with Gasteiger partial charge >= 0.3 is 0 Å². The van der Waals surface area contributed by atoms with E-state index >= 15 is 0 Å². The first kappa shape index (κ1) is 11.2. The van der Waals surface area contributed by atoms with Crippen LogP contribution in [0, 0.1) is 11.3 Å². The lowest BCUT2D eigenvalue weighted by Gasteiger charge is -2.26. The minimum Gasteiger partial charge on any atom is -0.290 e. The van der Waals surface area contributed by atoms with Crippen LogP contribution in [-0.4, -0.2) is 5.78 Å². The highest BCUT2D eigenvalue weighted by atomic mass is 16.1. The molecule has 1 atom stereocenters.